The van der Waals surface area contributed by atoms with Gasteiger partial charge in [-0.15, -0.1) is 0 Å². The minimum Gasteiger partial charge on any atom is -0.311 e. The van der Waals surface area contributed by atoms with E-state index in [1.807, 2.05) is 0 Å². The third-order valence-corrected chi connectivity index (χ3v) is 17.6. The van der Waals surface area contributed by atoms with Crippen LogP contribution < -0.4 is 26.2 Å². The van der Waals surface area contributed by atoms with E-state index in [4.69, 9.17) is 0 Å². The number of nitrogens with zero attached hydrogens (tertiary/aromatic N) is 2. The lowest BCUT2D eigenvalue weighted by molar-refractivity contribution is 0.400. The number of hydrogen-bond acceptors (Lipinski definition) is 2. The lowest BCUT2D eigenvalue weighted by Crippen LogP contribution is -2.62. The van der Waals surface area contributed by atoms with Gasteiger partial charge in [0.25, 0.3) is 6.71 Å². The second kappa shape index (κ2) is 11.1. The molecular weight excluding hydrogens is 711 g/mol. The number of rotatable bonds is 2. The molecule has 15 rings (SSSR count). The van der Waals surface area contributed by atoms with Gasteiger partial charge in [-0.05, 0) is 173 Å². The van der Waals surface area contributed by atoms with Gasteiger partial charge in [-0.25, -0.2) is 0 Å². The Kier molecular flexibility index (Phi) is 6.02. The fourth-order valence-corrected chi connectivity index (χ4v) is 15.9. The molecule has 0 aromatic heterocycles. The standard InChI is InChI=1S/C56H45BN2/c1-2-12-38(13-3-1)58-46-20-9-8-19-45(46)57-53-48(58)22-11-23-49(53)59(47-21-10-18-43-51(47)39-14-4-6-16-41(39)55(43)34-24-25-35(55)27-26-34)50-33-32-44-52(54(50)57)40-15-5-7-17-42(40)56(44)36-28-29-37(56)31-30-36/h1-23,32-37H,24-31H2. The van der Waals surface area contributed by atoms with E-state index in [9.17, 15) is 0 Å². The molecule has 4 bridgehead atoms. The minimum absolute atomic E-state index is 0.0990. The van der Waals surface area contributed by atoms with Crippen molar-refractivity contribution in [2.45, 2.75) is 62.2 Å². The Morgan fingerprint density at radius 2 is 0.831 bits per heavy atom. The molecule has 0 atom stereocenters. The molecule has 282 valence electrons. The first-order chi connectivity index (χ1) is 29.3. The number of benzene rings is 7. The molecule has 2 nitrogen and oxygen atoms in total. The van der Waals surface area contributed by atoms with Gasteiger partial charge in [-0.1, -0.05) is 109 Å². The molecule has 0 unspecified atom stereocenters. The number of para-hydroxylation sites is 2. The van der Waals surface area contributed by atoms with Crippen molar-refractivity contribution in [3.05, 3.63) is 174 Å². The highest BCUT2D eigenvalue weighted by Gasteiger charge is 2.62. The summed E-state index contributed by atoms with van der Waals surface area (Å²) in [6, 6.07) is 59.5. The van der Waals surface area contributed by atoms with Gasteiger partial charge in [0.2, 0.25) is 0 Å². The second-order valence-electron chi connectivity index (χ2n) is 19.3. The molecule has 0 N–H and O–H groups in total. The molecule has 2 spiro atoms. The summed E-state index contributed by atoms with van der Waals surface area (Å²) in [5.74, 6) is 2.88. The Hall–Kier alpha value is -5.80. The first-order valence-electron chi connectivity index (χ1n) is 22.7. The highest BCUT2D eigenvalue weighted by atomic mass is 15.2. The van der Waals surface area contributed by atoms with Gasteiger partial charge in [-0.3, -0.25) is 0 Å². The SMILES string of the molecule is c1ccc(N2c3ccccc3B3c4c2cccc4N(c2cccc4c2-c2ccccc2C42C4CCC2CC4)c2ccc4c(c23)-c2ccccc2C42C3CCC2CC3)cc1. The van der Waals surface area contributed by atoms with Crippen LogP contribution in [0.4, 0.5) is 34.1 Å². The van der Waals surface area contributed by atoms with Crippen molar-refractivity contribution in [2.75, 3.05) is 9.80 Å². The van der Waals surface area contributed by atoms with Crippen LogP contribution in [0.2, 0.25) is 0 Å². The van der Waals surface area contributed by atoms with Crippen molar-refractivity contribution < 1.29 is 0 Å². The van der Waals surface area contributed by atoms with Crippen molar-refractivity contribution in [1.29, 1.82) is 0 Å². The molecule has 8 aliphatic rings. The molecule has 4 saturated carbocycles. The topological polar surface area (TPSA) is 6.48 Å². The third kappa shape index (κ3) is 3.56. The predicted molar refractivity (Wildman–Crippen MR) is 244 cm³/mol. The normalized spacial score (nSPS) is 27.5. The van der Waals surface area contributed by atoms with Gasteiger partial charge in [0.05, 0.1) is 5.69 Å². The zero-order valence-corrected chi connectivity index (χ0v) is 33.4. The van der Waals surface area contributed by atoms with Gasteiger partial charge in [0.1, 0.15) is 0 Å². The van der Waals surface area contributed by atoms with E-state index < -0.39 is 0 Å². The third-order valence-electron chi connectivity index (χ3n) is 17.6. The summed E-state index contributed by atoms with van der Waals surface area (Å²) in [6.07, 6.45) is 10.8. The van der Waals surface area contributed by atoms with Crippen LogP contribution in [0.3, 0.4) is 0 Å². The summed E-state index contributed by atoms with van der Waals surface area (Å²) in [7, 11) is 0. The molecule has 0 amide bonds. The van der Waals surface area contributed by atoms with Crippen molar-refractivity contribution in [1.82, 2.24) is 0 Å². The lowest BCUT2D eigenvalue weighted by atomic mass is 9.32. The molecule has 7 aromatic carbocycles. The van der Waals surface area contributed by atoms with Crippen LogP contribution in [-0.2, 0) is 10.8 Å². The molecule has 0 saturated heterocycles. The number of fused-ring (bicyclic) bond motifs is 11. The van der Waals surface area contributed by atoms with E-state index in [-0.39, 0.29) is 17.5 Å². The first kappa shape index (κ1) is 32.1. The maximum Gasteiger partial charge on any atom is 0.252 e. The van der Waals surface area contributed by atoms with Crippen molar-refractivity contribution in [3.63, 3.8) is 0 Å². The summed E-state index contributed by atoms with van der Waals surface area (Å²) in [4.78, 5) is 5.31. The van der Waals surface area contributed by atoms with Crippen molar-refractivity contribution >= 4 is 57.2 Å². The maximum atomic E-state index is 2.75. The molecule has 4 fully saturated rings. The maximum absolute atomic E-state index is 2.75. The molecule has 3 heteroatoms. The Labute approximate surface area is 347 Å². The smallest absolute Gasteiger partial charge is 0.252 e. The van der Waals surface area contributed by atoms with Gasteiger partial charge >= 0.3 is 0 Å². The van der Waals surface area contributed by atoms with Crippen LogP contribution in [0.1, 0.15) is 73.6 Å². The second-order valence-corrected chi connectivity index (χ2v) is 19.3. The van der Waals surface area contributed by atoms with Crippen molar-refractivity contribution in [3.8, 4) is 22.3 Å². The van der Waals surface area contributed by atoms with Crippen LogP contribution in [0.25, 0.3) is 22.3 Å². The minimum atomic E-state index is 0.0990. The average Bonchev–Trinajstić information content (AvgIpc) is 4.15. The summed E-state index contributed by atoms with van der Waals surface area (Å²) < 4.78 is 0. The average molecular weight is 757 g/mol. The molecule has 0 radical (unpaired) electrons. The highest BCUT2D eigenvalue weighted by Crippen LogP contribution is 2.70. The lowest BCUT2D eigenvalue weighted by Gasteiger charge is -2.45. The Morgan fingerprint density at radius 1 is 0.356 bits per heavy atom. The van der Waals surface area contributed by atoms with Gasteiger partial charge in [0.15, 0.2) is 0 Å². The summed E-state index contributed by atoms with van der Waals surface area (Å²) in [5.41, 5.74) is 24.8. The molecule has 2 heterocycles. The zero-order chi connectivity index (χ0) is 38.2. The quantitative estimate of drug-likeness (QED) is 0.162. The number of anilines is 6. The Morgan fingerprint density at radius 3 is 1.51 bits per heavy atom. The summed E-state index contributed by atoms with van der Waals surface area (Å²) in [5, 5.41) is 0. The molecule has 6 aliphatic carbocycles. The number of hydrogen-bond donors (Lipinski definition) is 0. The van der Waals surface area contributed by atoms with Crippen LogP contribution in [-0.4, -0.2) is 6.71 Å². The van der Waals surface area contributed by atoms with Gasteiger partial charge in [-0.2, -0.15) is 0 Å². The van der Waals surface area contributed by atoms with Crippen LogP contribution in [0, 0.1) is 23.7 Å². The summed E-state index contributed by atoms with van der Waals surface area (Å²) >= 11 is 0. The Bertz CT molecular complexity index is 2940. The van der Waals surface area contributed by atoms with Gasteiger partial charge < -0.3 is 9.80 Å². The highest BCUT2D eigenvalue weighted by molar-refractivity contribution is 7.01. The molecule has 7 aromatic rings. The zero-order valence-electron chi connectivity index (χ0n) is 33.4. The van der Waals surface area contributed by atoms with Crippen LogP contribution in [0.5, 0.6) is 0 Å². The molecule has 59 heavy (non-hydrogen) atoms. The fourth-order valence-electron chi connectivity index (χ4n) is 15.9. The molecular formula is C56H45BN2. The first-order valence-corrected chi connectivity index (χ1v) is 22.7. The van der Waals surface area contributed by atoms with Crippen LogP contribution >= 0.6 is 0 Å². The van der Waals surface area contributed by atoms with Gasteiger partial charge in [0, 0.05) is 44.8 Å². The van der Waals surface area contributed by atoms with E-state index in [2.05, 4.69) is 161 Å². The van der Waals surface area contributed by atoms with Crippen LogP contribution in [0.15, 0.2) is 152 Å². The van der Waals surface area contributed by atoms with E-state index in [1.54, 1.807) is 22.3 Å². The van der Waals surface area contributed by atoms with Crippen molar-refractivity contribution in [2.24, 2.45) is 23.7 Å². The predicted octanol–water partition coefficient (Wildman–Crippen LogP) is 11.9. The van der Waals surface area contributed by atoms with E-state index in [0.29, 0.717) is 0 Å². The monoisotopic (exact) mass is 756 g/mol. The fraction of sp³-hybridized carbons (Fsp3) is 0.250. The van der Waals surface area contributed by atoms with E-state index in [0.717, 1.165) is 23.7 Å². The van der Waals surface area contributed by atoms with E-state index in [1.165, 1.54) is 124 Å². The summed E-state index contributed by atoms with van der Waals surface area (Å²) in [6.45, 7) is 0.0990. The largest absolute Gasteiger partial charge is 0.311 e. The van der Waals surface area contributed by atoms with E-state index >= 15 is 0 Å². The Balaban J connectivity index is 1.08. The molecule has 2 aliphatic heterocycles.